The van der Waals surface area contributed by atoms with Crippen LogP contribution in [0, 0.1) is 11.8 Å². The molecule has 3 N–H and O–H groups in total. The van der Waals surface area contributed by atoms with Gasteiger partial charge in [-0.1, -0.05) is 27.7 Å². The van der Waals surface area contributed by atoms with Crippen LogP contribution in [0.1, 0.15) is 66.2 Å². The summed E-state index contributed by atoms with van der Waals surface area (Å²) in [6, 6.07) is 0. The summed E-state index contributed by atoms with van der Waals surface area (Å²) < 4.78 is 21.6. The molecule has 2 rings (SSSR count). The Balaban J connectivity index is 0.000000366. The van der Waals surface area contributed by atoms with Crippen LogP contribution in [0.4, 0.5) is 0 Å². The van der Waals surface area contributed by atoms with Crippen LogP contribution >= 0.6 is 0 Å². The van der Waals surface area contributed by atoms with Crippen molar-refractivity contribution < 1.29 is 18.3 Å². The highest BCUT2D eigenvalue weighted by Gasteiger charge is 2.36. The first-order valence-electron chi connectivity index (χ1n) is 8.37. The van der Waals surface area contributed by atoms with E-state index in [1.54, 1.807) is 0 Å². The van der Waals surface area contributed by atoms with E-state index in [1.165, 1.54) is 0 Å². The lowest BCUT2D eigenvalue weighted by molar-refractivity contribution is -0.140. The van der Waals surface area contributed by atoms with Crippen LogP contribution in [-0.2, 0) is 14.6 Å². The van der Waals surface area contributed by atoms with Gasteiger partial charge in [0.2, 0.25) is 5.91 Å². The Labute approximate surface area is 135 Å². The lowest BCUT2D eigenvalue weighted by Crippen LogP contribution is -2.46. The third-order valence-corrected chi connectivity index (χ3v) is 6.12. The fraction of sp³-hybridized carbons (Fsp3) is 0.938. The average molecular weight is 336 g/mol. The predicted octanol–water partition coefficient (Wildman–Crippen LogP) is 2.27. The van der Waals surface area contributed by atoms with Gasteiger partial charge in [0.25, 0.3) is 0 Å². The highest BCUT2D eigenvalue weighted by Crippen LogP contribution is 2.31. The minimum atomic E-state index is -2.62. The number of rotatable bonds is 1. The summed E-state index contributed by atoms with van der Waals surface area (Å²) in [6.45, 7) is 8.23. The lowest BCUT2D eigenvalue weighted by atomic mass is 9.79. The van der Waals surface area contributed by atoms with Crippen LogP contribution < -0.4 is 5.73 Å². The van der Waals surface area contributed by atoms with Gasteiger partial charge in [0.1, 0.15) is 15.4 Å². The third kappa shape index (κ3) is 7.58. The zero-order valence-electron chi connectivity index (χ0n) is 14.5. The van der Waals surface area contributed by atoms with Crippen LogP contribution in [0.3, 0.4) is 0 Å². The molecule has 0 bridgehead atoms. The first-order valence-corrected chi connectivity index (χ1v) is 10.2. The Hall–Kier alpha value is -0.620. The van der Waals surface area contributed by atoms with Crippen molar-refractivity contribution >= 4 is 15.7 Å². The molecule has 0 spiro atoms. The number of aliphatic hydroxyl groups is 1. The van der Waals surface area contributed by atoms with Gasteiger partial charge in [-0.3, -0.25) is 4.79 Å². The topological polar surface area (TPSA) is 97.5 Å². The molecule has 22 heavy (non-hydrogen) atoms. The summed E-state index contributed by atoms with van der Waals surface area (Å²) in [5, 5.41) is 9.59. The van der Waals surface area contributed by atoms with E-state index in [2.05, 4.69) is 13.8 Å². The largest absolute Gasteiger partial charge is 0.380 e. The van der Waals surface area contributed by atoms with Gasteiger partial charge in [0, 0.05) is 0 Å². The first-order chi connectivity index (χ1) is 10.1. The number of nitrogens with two attached hydrogens (primary N) is 1. The lowest BCUT2D eigenvalue weighted by Gasteiger charge is -2.31. The van der Waals surface area contributed by atoms with Crippen molar-refractivity contribution in [1.82, 2.24) is 0 Å². The van der Waals surface area contributed by atoms with Crippen LogP contribution in [0.15, 0.2) is 0 Å². The number of carbonyl (C=O) groups excluding carboxylic acids is 1. The van der Waals surface area contributed by atoms with Crippen LogP contribution in [-0.4, -0.2) is 36.5 Å². The molecule has 6 heteroatoms. The second kappa shape index (κ2) is 9.50. The fourth-order valence-electron chi connectivity index (χ4n) is 2.49. The van der Waals surface area contributed by atoms with Crippen LogP contribution in [0.5, 0.6) is 0 Å². The second-order valence-corrected chi connectivity index (χ2v) is 8.72. The molecule has 5 nitrogen and oxygen atoms in total. The molecular weight excluding hydrogens is 302 g/mol. The van der Waals surface area contributed by atoms with Gasteiger partial charge >= 0.3 is 0 Å². The fourth-order valence-corrected chi connectivity index (χ4v) is 4.22. The Kier molecular flexibility index (Phi) is 9.24. The number of hydrogen-bond donors (Lipinski definition) is 2. The molecule has 0 atom stereocenters. The zero-order chi connectivity index (χ0) is 17.4. The van der Waals surface area contributed by atoms with Crippen molar-refractivity contribution in [1.29, 1.82) is 0 Å². The van der Waals surface area contributed by atoms with E-state index in [9.17, 15) is 18.3 Å². The highest BCUT2D eigenvalue weighted by atomic mass is 32.2. The maximum absolute atomic E-state index is 10.8. The van der Waals surface area contributed by atoms with Gasteiger partial charge < -0.3 is 10.8 Å². The van der Waals surface area contributed by atoms with E-state index in [1.807, 2.05) is 13.8 Å². The number of primary amides is 1. The van der Waals surface area contributed by atoms with Crippen LogP contribution in [0.2, 0.25) is 0 Å². The quantitative estimate of drug-likeness (QED) is 0.768. The summed E-state index contributed by atoms with van der Waals surface area (Å²) in [5.74, 6) is 1.50. The van der Waals surface area contributed by atoms with Gasteiger partial charge in [0.05, 0.1) is 11.5 Å². The molecule has 0 aromatic rings. The van der Waals surface area contributed by atoms with Gasteiger partial charge in [0.15, 0.2) is 0 Å². The highest BCUT2D eigenvalue weighted by molar-refractivity contribution is 7.91. The molecule has 132 valence electrons. The summed E-state index contributed by atoms with van der Waals surface area (Å²) in [7, 11) is -2.62. The van der Waals surface area contributed by atoms with E-state index in [0.717, 1.165) is 25.7 Å². The van der Waals surface area contributed by atoms with Crippen molar-refractivity contribution in [2.24, 2.45) is 17.6 Å². The van der Waals surface area contributed by atoms with Crippen molar-refractivity contribution in [3.05, 3.63) is 0 Å². The Morgan fingerprint density at radius 3 is 1.68 bits per heavy atom. The molecule has 0 radical (unpaired) electrons. The summed E-state index contributed by atoms with van der Waals surface area (Å²) in [6.07, 6.45) is 4.59. The molecule has 0 aromatic heterocycles. The summed E-state index contributed by atoms with van der Waals surface area (Å²) in [5.41, 5.74) is 3.86. The van der Waals surface area contributed by atoms with E-state index in [0.29, 0.717) is 36.2 Å². The predicted molar refractivity (Wildman–Crippen MR) is 90.2 cm³/mol. The second-order valence-electron chi connectivity index (χ2n) is 6.41. The molecule has 0 aromatic carbocycles. The van der Waals surface area contributed by atoms with Gasteiger partial charge in [-0.25, -0.2) is 8.42 Å². The molecule has 1 aliphatic carbocycles. The zero-order valence-corrected chi connectivity index (χ0v) is 15.3. The molecule has 2 fully saturated rings. The smallest absolute Gasteiger partial charge is 0.249 e. The van der Waals surface area contributed by atoms with E-state index >= 15 is 0 Å². The monoisotopic (exact) mass is 335 g/mol. The Morgan fingerprint density at radius 2 is 1.36 bits per heavy atom. The normalized spacial score (nSPS) is 31.0. The van der Waals surface area contributed by atoms with E-state index in [4.69, 9.17) is 5.73 Å². The van der Waals surface area contributed by atoms with Gasteiger partial charge in [-0.05, 0) is 50.4 Å². The summed E-state index contributed by atoms with van der Waals surface area (Å²) in [4.78, 5) is 10.8. The van der Waals surface area contributed by atoms with Crippen LogP contribution in [0.25, 0.3) is 0 Å². The average Bonchev–Trinajstić information content (AvgIpc) is 2.48. The molecule has 0 unspecified atom stereocenters. The molecule has 1 saturated heterocycles. The molecule has 1 aliphatic heterocycles. The number of amides is 1. The van der Waals surface area contributed by atoms with Crippen molar-refractivity contribution in [2.45, 2.75) is 71.8 Å². The SMILES string of the molecule is CC.CC1CCC(O)(C(N)=O)CC1.CC1CCS(=O)(=O)CC1. The molecule has 2 aliphatic rings. The van der Waals surface area contributed by atoms with E-state index in [-0.39, 0.29) is 0 Å². The number of sulfone groups is 1. The molecular formula is C16H33NO4S. The maximum atomic E-state index is 10.8. The van der Waals surface area contributed by atoms with Crippen molar-refractivity contribution in [3.63, 3.8) is 0 Å². The third-order valence-electron chi connectivity index (χ3n) is 4.40. The first kappa shape index (κ1) is 21.4. The minimum Gasteiger partial charge on any atom is -0.380 e. The number of hydrogen-bond acceptors (Lipinski definition) is 4. The minimum absolute atomic E-state index is 0.411. The Bertz CT molecular complexity index is 411. The van der Waals surface area contributed by atoms with Crippen molar-refractivity contribution in [3.8, 4) is 0 Å². The maximum Gasteiger partial charge on any atom is 0.249 e. The molecule has 1 heterocycles. The Morgan fingerprint density at radius 1 is 1.00 bits per heavy atom. The molecule has 1 saturated carbocycles. The number of carbonyl (C=O) groups is 1. The van der Waals surface area contributed by atoms with Gasteiger partial charge in [-0.15, -0.1) is 0 Å². The van der Waals surface area contributed by atoms with Crippen molar-refractivity contribution in [2.75, 3.05) is 11.5 Å². The summed E-state index contributed by atoms with van der Waals surface area (Å²) >= 11 is 0. The van der Waals surface area contributed by atoms with Gasteiger partial charge in [-0.2, -0.15) is 0 Å². The standard InChI is InChI=1S/C8H15NO2.C6H12O2S.C2H6/c1-6-2-4-8(11,5-3-6)7(9)10;1-6-2-4-9(7,8)5-3-6;1-2/h6,11H,2-5H2,1H3,(H2,9,10);6H,2-5H2,1H3;1-2H3. The molecule has 1 amide bonds. The van der Waals surface area contributed by atoms with E-state index < -0.39 is 21.3 Å².